The number of hydrogen-bond acceptors (Lipinski definition) is 5. The Hall–Kier alpha value is -1.98. The van der Waals surface area contributed by atoms with Crippen molar-refractivity contribution in [3.63, 3.8) is 0 Å². The predicted molar refractivity (Wildman–Crippen MR) is 72.8 cm³/mol. The maximum atomic E-state index is 12.3. The summed E-state index contributed by atoms with van der Waals surface area (Å²) >= 11 is 0. The van der Waals surface area contributed by atoms with E-state index in [1.54, 1.807) is 0 Å². The Balaban J connectivity index is 2.31. The minimum absolute atomic E-state index is 0.0277. The van der Waals surface area contributed by atoms with Gasteiger partial charge < -0.3 is 15.2 Å². The smallest absolute Gasteiger partial charge is 0.336 e. The first-order valence-electron chi connectivity index (χ1n) is 6.27. The van der Waals surface area contributed by atoms with Gasteiger partial charge in [-0.3, -0.25) is 4.79 Å². The fraction of sp³-hybridized carbons (Fsp3) is 0.333. The van der Waals surface area contributed by atoms with Gasteiger partial charge in [-0.1, -0.05) is 36.4 Å². The molecule has 3 atom stereocenters. The average molecular weight is 275 g/mol. The Morgan fingerprint density at radius 1 is 1.50 bits per heavy atom. The highest BCUT2D eigenvalue weighted by Gasteiger charge is 2.53. The maximum Gasteiger partial charge on any atom is 0.336 e. The number of esters is 1. The third kappa shape index (κ3) is 2.26. The maximum absolute atomic E-state index is 12.3. The number of ketones is 1. The van der Waals surface area contributed by atoms with Crippen LogP contribution in [0.1, 0.15) is 18.1 Å². The molecule has 1 aliphatic heterocycles. The van der Waals surface area contributed by atoms with Crippen LogP contribution in [0.4, 0.5) is 0 Å². The summed E-state index contributed by atoms with van der Waals surface area (Å²) in [5.74, 6) is -1.21. The lowest BCUT2D eigenvalue weighted by atomic mass is 9.81. The minimum Gasteiger partial charge on any atom is -0.467 e. The van der Waals surface area contributed by atoms with Crippen molar-refractivity contribution in [1.82, 2.24) is 0 Å². The Morgan fingerprint density at radius 2 is 2.15 bits per heavy atom. The van der Waals surface area contributed by atoms with Crippen molar-refractivity contribution >= 4 is 11.8 Å². The van der Waals surface area contributed by atoms with E-state index in [4.69, 9.17) is 10.5 Å². The third-order valence-corrected chi connectivity index (χ3v) is 3.50. The summed E-state index contributed by atoms with van der Waals surface area (Å²) in [7, 11) is 1.19. The van der Waals surface area contributed by atoms with Gasteiger partial charge in [-0.25, -0.2) is 4.79 Å². The molecule has 2 N–H and O–H groups in total. The van der Waals surface area contributed by atoms with Crippen LogP contribution in [0.15, 0.2) is 43.0 Å². The van der Waals surface area contributed by atoms with Crippen molar-refractivity contribution in [2.45, 2.75) is 24.2 Å². The zero-order chi connectivity index (χ0) is 14.8. The van der Waals surface area contributed by atoms with Crippen LogP contribution in [0.3, 0.4) is 0 Å². The number of methoxy groups -OCH3 is 1. The lowest BCUT2D eigenvalue weighted by molar-refractivity contribution is -0.167. The minimum atomic E-state index is -1.82. The van der Waals surface area contributed by atoms with Crippen LogP contribution in [0.5, 0.6) is 0 Å². The van der Waals surface area contributed by atoms with Crippen molar-refractivity contribution in [1.29, 1.82) is 0 Å². The second-order valence-electron chi connectivity index (χ2n) is 4.68. The van der Waals surface area contributed by atoms with Crippen LogP contribution in [0.25, 0.3) is 0 Å². The fourth-order valence-electron chi connectivity index (χ4n) is 2.33. The zero-order valence-corrected chi connectivity index (χ0v) is 11.2. The standard InChI is InChI=1S/C15H17NO4/c1-3-13-15(16,14(18)19-2)12(17)9-11(20-13)10-7-5-4-6-8-10/h3-8,11,13H,1,9,16H2,2H3/t11-,13+,15-/m0/s1. The molecule has 0 radical (unpaired) electrons. The highest BCUT2D eigenvalue weighted by Crippen LogP contribution is 2.34. The van der Waals surface area contributed by atoms with Gasteiger partial charge in [-0.2, -0.15) is 0 Å². The lowest BCUT2D eigenvalue weighted by Crippen LogP contribution is -2.66. The van der Waals surface area contributed by atoms with Crippen molar-refractivity contribution in [2.24, 2.45) is 5.73 Å². The predicted octanol–water partition coefficient (Wildman–Crippen LogP) is 1.14. The highest BCUT2D eigenvalue weighted by molar-refractivity contribution is 6.10. The molecule has 0 saturated carbocycles. The number of rotatable bonds is 3. The van der Waals surface area contributed by atoms with Crippen LogP contribution >= 0.6 is 0 Å². The molecule has 0 aliphatic carbocycles. The summed E-state index contributed by atoms with van der Waals surface area (Å²) in [4.78, 5) is 24.1. The van der Waals surface area contributed by atoms with E-state index < -0.39 is 29.5 Å². The van der Waals surface area contributed by atoms with E-state index in [9.17, 15) is 9.59 Å². The molecule has 1 aromatic carbocycles. The molecule has 5 heteroatoms. The number of nitrogens with two attached hydrogens (primary N) is 1. The van der Waals surface area contributed by atoms with Crippen molar-refractivity contribution in [2.75, 3.05) is 7.11 Å². The van der Waals surface area contributed by atoms with Crippen LogP contribution in [-0.4, -0.2) is 30.5 Å². The van der Waals surface area contributed by atoms with Crippen molar-refractivity contribution < 1.29 is 19.1 Å². The molecule has 0 unspecified atom stereocenters. The van der Waals surface area contributed by atoms with E-state index in [-0.39, 0.29) is 6.42 Å². The normalized spacial score (nSPS) is 29.8. The van der Waals surface area contributed by atoms with E-state index in [0.717, 1.165) is 5.56 Å². The number of carbonyl (C=O) groups excluding carboxylic acids is 2. The topological polar surface area (TPSA) is 78.6 Å². The summed E-state index contributed by atoms with van der Waals surface area (Å²) in [5.41, 5.74) is 4.97. The van der Waals surface area contributed by atoms with Gasteiger partial charge in [0.1, 0.15) is 6.10 Å². The van der Waals surface area contributed by atoms with Gasteiger partial charge in [0.25, 0.3) is 0 Å². The average Bonchev–Trinajstić information content (AvgIpc) is 2.49. The quantitative estimate of drug-likeness (QED) is 0.508. The van der Waals surface area contributed by atoms with Gasteiger partial charge >= 0.3 is 5.97 Å². The Bertz CT molecular complexity index is 528. The summed E-state index contributed by atoms with van der Waals surface area (Å²) in [6, 6.07) is 9.31. The Morgan fingerprint density at radius 3 is 2.70 bits per heavy atom. The van der Waals surface area contributed by atoms with Crippen molar-refractivity contribution in [3.8, 4) is 0 Å². The van der Waals surface area contributed by atoms with E-state index in [1.165, 1.54) is 13.2 Å². The van der Waals surface area contributed by atoms with E-state index >= 15 is 0 Å². The summed E-state index contributed by atoms with van der Waals surface area (Å²) in [6.07, 6.45) is 0.0404. The molecule has 1 saturated heterocycles. The molecular formula is C15H17NO4. The Kier molecular flexibility index (Phi) is 4.01. The summed E-state index contributed by atoms with van der Waals surface area (Å²) < 4.78 is 10.4. The Labute approximate surface area is 117 Å². The third-order valence-electron chi connectivity index (χ3n) is 3.50. The first-order valence-corrected chi connectivity index (χ1v) is 6.27. The number of carbonyl (C=O) groups is 2. The number of benzene rings is 1. The summed E-state index contributed by atoms with van der Waals surface area (Å²) in [5, 5.41) is 0. The van der Waals surface area contributed by atoms with Crippen molar-refractivity contribution in [3.05, 3.63) is 48.6 Å². The van der Waals surface area contributed by atoms with Gasteiger partial charge in [0.15, 0.2) is 5.78 Å². The van der Waals surface area contributed by atoms with Gasteiger partial charge in [0.2, 0.25) is 5.54 Å². The number of ether oxygens (including phenoxy) is 2. The molecular weight excluding hydrogens is 258 g/mol. The second-order valence-corrected chi connectivity index (χ2v) is 4.68. The van der Waals surface area contributed by atoms with E-state index in [1.807, 2.05) is 30.3 Å². The van der Waals surface area contributed by atoms with Gasteiger partial charge in [0, 0.05) is 6.42 Å². The molecule has 1 heterocycles. The molecule has 0 amide bonds. The molecule has 20 heavy (non-hydrogen) atoms. The lowest BCUT2D eigenvalue weighted by Gasteiger charge is -2.39. The fourth-order valence-corrected chi connectivity index (χ4v) is 2.33. The van der Waals surface area contributed by atoms with E-state index in [0.29, 0.717) is 0 Å². The number of Topliss-reactive ketones (excluding diaryl/α,β-unsaturated/α-hetero) is 1. The highest BCUT2D eigenvalue weighted by atomic mass is 16.5. The monoisotopic (exact) mass is 275 g/mol. The van der Waals surface area contributed by atoms with Gasteiger partial charge in [-0.05, 0) is 5.56 Å². The molecule has 1 aromatic rings. The zero-order valence-electron chi connectivity index (χ0n) is 11.2. The SMILES string of the molecule is C=C[C@H]1O[C@H](c2ccccc2)CC(=O)[C@@]1(N)C(=O)OC. The number of hydrogen-bond donors (Lipinski definition) is 1. The molecule has 0 bridgehead atoms. The molecule has 0 aromatic heterocycles. The van der Waals surface area contributed by atoms with E-state index in [2.05, 4.69) is 11.3 Å². The summed E-state index contributed by atoms with van der Waals surface area (Å²) in [6.45, 7) is 3.59. The molecule has 106 valence electrons. The molecule has 2 rings (SSSR count). The first kappa shape index (κ1) is 14.4. The van der Waals surface area contributed by atoms with Crippen LogP contribution in [0, 0.1) is 0 Å². The van der Waals surface area contributed by atoms with Crippen LogP contribution < -0.4 is 5.73 Å². The first-order chi connectivity index (χ1) is 9.53. The van der Waals surface area contributed by atoms with Crippen LogP contribution in [0.2, 0.25) is 0 Å². The van der Waals surface area contributed by atoms with Gasteiger partial charge in [0.05, 0.1) is 13.2 Å². The van der Waals surface area contributed by atoms with Crippen LogP contribution in [-0.2, 0) is 19.1 Å². The molecule has 1 aliphatic rings. The van der Waals surface area contributed by atoms with Gasteiger partial charge in [-0.15, -0.1) is 6.58 Å². The largest absolute Gasteiger partial charge is 0.467 e. The molecule has 5 nitrogen and oxygen atoms in total. The molecule has 1 fully saturated rings. The molecule has 0 spiro atoms. The second kappa shape index (κ2) is 5.56.